The number of ether oxygens (including phenoxy) is 2. The molecule has 2 rings (SSSR count). The first-order valence-corrected chi connectivity index (χ1v) is 7.94. The first kappa shape index (κ1) is 16.8. The fourth-order valence-electron chi connectivity index (χ4n) is 1.89. The molecule has 0 unspecified atom stereocenters. The van der Waals surface area contributed by atoms with E-state index < -0.39 is 5.97 Å². The molecule has 0 bridgehead atoms. The number of nitrogens with one attached hydrogen (secondary N) is 1. The fraction of sp³-hybridized carbons (Fsp3) is 0.250. The summed E-state index contributed by atoms with van der Waals surface area (Å²) in [6, 6.07) is 6.48. The van der Waals surface area contributed by atoms with Crippen LogP contribution in [0.5, 0.6) is 5.75 Å². The van der Waals surface area contributed by atoms with Gasteiger partial charge in [0.25, 0.3) is 5.91 Å². The van der Waals surface area contributed by atoms with Gasteiger partial charge < -0.3 is 20.5 Å². The summed E-state index contributed by atoms with van der Waals surface area (Å²) < 4.78 is 10.2. The van der Waals surface area contributed by atoms with Crippen molar-refractivity contribution in [1.29, 1.82) is 0 Å². The molecule has 3 N–H and O–H groups in total. The number of amides is 1. The van der Waals surface area contributed by atoms with E-state index in [0.29, 0.717) is 34.2 Å². The first-order chi connectivity index (χ1) is 11.1. The Morgan fingerprint density at radius 1 is 1.30 bits per heavy atom. The average molecular weight is 334 g/mol. The number of rotatable bonds is 6. The van der Waals surface area contributed by atoms with E-state index in [-0.39, 0.29) is 5.91 Å². The summed E-state index contributed by atoms with van der Waals surface area (Å²) in [5.74, 6) is -0.297. The van der Waals surface area contributed by atoms with Crippen LogP contribution in [-0.4, -0.2) is 25.6 Å². The van der Waals surface area contributed by atoms with Gasteiger partial charge in [-0.1, -0.05) is 6.92 Å². The van der Waals surface area contributed by atoms with Crippen LogP contribution >= 0.6 is 11.3 Å². The minimum atomic E-state index is -0.488. The van der Waals surface area contributed by atoms with Gasteiger partial charge in [0.1, 0.15) is 10.6 Å². The fourth-order valence-corrected chi connectivity index (χ4v) is 2.65. The topological polar surface area (TPSA) is 90.6 Å². The second-order valence-electron chi connectivity index (χ2n) is 4.71. The summed E-state index contributed by atoms with van der Waals surface area (Å²) in [6.45, 7) is 2.56. The zero-order chi connectivity index (χ0) is 16.8. The molecule has 0 spiro atoms. The highest BCUT2D eigenvalue weighted by atomic mass is 32.1. The third kappa shape index (κ3) is 4.01. The molecule has 0 aliphatic carbocycles. The van der Waals surface area contributed by atoms with Crippen LogP contribution in [0, 0.1) is 0 Å². The van der Waals surface area contributed by atoms with Gasteiger partial charge in [-0.25, -0.2) is 4.79 Å². The molecule has 6 nitrogen and oxygen atoms in total. The molecule has 0 saturated heterocycles. The summed E-state index contributed by atoms with van der Waals surface area (Å²) >= 11 is 1.20. The third-order valence-electron chi connectivity index (χ3n) is 3.02. The van der Waals surface area contributed by atoms with Gasteiger partial charge in [-0.3, -0.25) is 4.79 Å². The smallest absolute Gasteiger partial charge is 0.350 e. The number of thiophene rings is 1. The number of carbonyl (C=O) groups is 2. The maximum Gasteiger partial charge on any atom is 0.350 e. The number of hydrogen-bond donors (Lipinski definition) is 2. The first-order valence-electron chi connectivity index (χ1n) is 7.06. The van der Waals surface area contributed by atoms with Crippen LogP contribution < -0.4 is 15.8 Å². The van der Waals surface area contributed by atoms with Gasteiger partial charge in [0.2, 0.25) is 0 Å². The molecule has 1 aromatic heterocycles. The predicted octanol–water partition coefficient (Wildman–Crippen LogP) is 3.16. The standard InChI is InChI=1S/C16H18N2O4S/c1-3-7-22-13-5-4-10(9-11(13)17)15(19)18-12-6-8-23-14(12)16(20)21-2/h4-6,8-9H,3,7,17H2,1-2H3,(H,18,19). The highest BCUT2D eigenvalue weighted by Gasteiger charge is 2.17. The quantitative estimate of drug-likeness (QED) is 0.625. The van der Waals surface area contributed by atoms with Gasteiger partial charge in [-0.05, 0) is 36.1 Å². The van der Waals surface area contributed by atoms with Gasteiger partial charge in [0, 0.05) is 5.56 Å². The molecular weight excluding hydrogens is 316 g/mol. The lowest BCUT2D eigenvalue weighted by Crippen LogP contribution is -2.14. The molecular formula is C16H18N2O4S. The van der Waals surface area contributed by atoms with Crippen molar-refractivity contribution < 1.29 is 19.1 Å². The molecule has 1 heterocycles. The maximum absolute atomic E-state index is 12.3. The van der Waals surface area contributed by atoms with Crippen LogP contribution in [0.15, 0.2) is 29.6 Å². The van der Waals surface area contributed by atoms with E-state index >= 15 is 0 Å². The lowest BCUT2D eigenvalue weighted by atomic mass is 10.1. The van der Waals surface area contributed by atoms with Gasteiger partial charge in [0.15, 0.2) is 0 Å². The van der Waals surface area contributed by atoms with E-state index in [0.717, 1.165) is 6.42 Å². The Hall–Kier alpha value is -2.54. The Morgan fingerprint density at radius 2 is 2.09 bits per heavy atom. The molecule has 1 aromatic carbocycles. The lowest BCUT2D eigenvalue weighted by Gasteiger charge is -2.10. The molecule has 122 valence electrons. The molecule has 0 aliphatic heterocycles. The van der Waals surface area contributed by atoms with Gasteiger partial charge in [-0.15, -0.1) is 11.3 Å². The highest BCUT2D eigenvalue weighted by Crippen LogP contribution is 2.26. The summed E-state index contributed by atoms with van der Waals surface area (Å²) in [5, 5.41) is 4.39. The number of nitrogen functional groups attached to an aromatic ring is 1. The molecule has 0 radical (unpaired) electrons. The number of benzene rings is 1. The number of anilines is 2. The second-order valence-corrected chi connectivity index (χ2v) is 5.63. The zero-order valence-electron chi connectivity index (χ0n) is 12.9. The van der Waals surface area contributed by atoms with E-state index in [2.05, 4.69) is 10.1 Å². The predicted molar refractivity (Wildman–Crippen MR) is 90.3 cm³/mol. The highest BCUT2D eigenvalue weighted by molar-refractivity contribution is 7.12. The van der Waals surface area contributed by atoms with Crippen molar-refractivity contribution in [2.75, 3.05) is 24.8 Å². The number of hydrogen-bond acceptors (Lipinski definition) is 6. The SMILES string of the molecule is CCCOc1ccc(C(=O)Nc2ccsc2C(=O)OC)cc1N. The third-order valence-corrected chi connectivity index (χ3v) is 3.91. The molecule has 23 heavy (non-hydrogen) atoms. The minimum Gasteiger partial charge on any atom is -0.491 e. The van der Waals surface area contributed by atoms with Crippen molar-refractivity contribution in [2.45, 2.75) is 13.3 Å². The summed E-state index contributed by atoms with van der Waals surface area (Å²) in [7, 11) is 1.30. The van der Waals surface area contributed by atoms with Gasteiger partial charge >= 0.3 is 5.97 Å². The Kier molecular flexibility index (Phi) is 5.59. The summed E-state index contributed by atoms with van der Waals surface area (Å²) in [6.07, 6.45) is 0.871. The lowest BCUT2D eigenvalue weighted by molar-refractivity contribution is 0.0607. The van der Waals surface area contributed by atoms with Crippen LogP contribution in [0.4, 0.5) is 11.4 Å². The van der Waals surface area contributed by atoms with Gasteiger partial charge in [0.05, 0.1) is 25.1 Å². The number of esters is 1. The molecule has 0 aliphatic rings. The molecule has 2 aromatic rings. The Balaban J connectivity index is 2.14. The molecule has 0 fully saturated rings. The second kappa shape index (κ2) is 7.64. The number of carbonyl (C=O) groups excluding carboxylic acids is 2. The van der Waals surface area contributed by atoms with E-state index in [1.165, 1.54) is 18.4 Å². The van der Waals surface area contributed by atoms with Crippen molar-refractivity contribution in [3.63, 3.8) is 0 Å². The monoisotopic (exact) mass is 334 g/mol. The van der Waals surface area contributed by atoms with Crippen molar-refractivity contribution in [2.24, 2.45) is 0 Å². The van der Waals surface area contributed by atoms with Crippen LogP contribution in [0.2, 0.25) is 0 Å². The van der Waals surface area contributed by atoms with Crippen molar-refractivity contribution in [3.05, 3.63) is 40.1 Å². The maximum atomic E-state index is 12.3. The number of methoxy groups -OCH3 is 1. The van der Waals surface area contributed by atoms with E-state index in [1.54, 1.807) is 29.6 Å². The van der Waals surface area contributed by atoms with Crippen molar-refractivity contribution in [3.8, 4) is 5.75 Å². The zero-order valence-corrected chi connectivity index (χ0v) is 13.7. The minimum absolute atomic E-state index is 0.344. The van der Waals surface area contributed by atoms with E-state index in [1.807, 2.05) is 6.92 Å². The van der Waals surface area contributed by atoms with Crippen LogP contribution in [0.1, 0.15) is 33.4 Å². The van der Waals surface area contributed by atoms with Crippen molar-refractivity contribution >= 4 is 34.6 Å². The molecule has 0 saturated carbocycles. The molecule has 0 atom stereocenters. The van der Waals surface area contributed by atoms with Crippen molar-refractivity contribution in [1.82, 2.24) is 0 Å². The summed E-state index contributed by atoms with van der Waals surface area (Å²) in [5.41, 5.74) is 7.09. The largest absolute Gasteiger partial charge is 0.491 e. The Morgan fingerprint density at radius 3 is 2.74 bits per heavy atom. The summed E-state index contributed by atoms with van der Waals surface area (Å²) in [4.78, 5) is 24.3. The van der Waals surface area contributed by atoms with Crippen LogP contribution in [0.3, 0.4) is 0 Å². The number of nitrogens with two attached hydrogens (primary N) is 1. The molecule has 7 heteroatoms. The normalized spacial score (nSPS) is 10.2. The Labute approximate surface area is 138 Å². The van der Waals surface area contributed by atoms with E-state index in [4.69, 9.17) is 10.5 Å². The van der Waals surface area contributed by atoms with E-state index in [9.17, 15) is 9.59 Å². The van der Waals surface area contributed by atoms with Gasteiger partial charge in [-0.2, -0.15) is 0 Å². The Bertz CT molecular complexity index is 712. The molecule has 1 amide bonds. The average Bonchev–Trinajstić information content (AvgIpc) is 3.01. The van der Waals surface area contributed by atoms with Crippen LogP contribution in [-0.2, 0) is 4.74 Å². The van der Waals surface area contributed by atoms with Crippen LogP contribution in [0.25, 0.3) is 0 Å².